The standard InChI is InChI=1S/C24H24N2O6/c1-29-19-8-6-17(7-9-19)24(28)32-21-10-5-16(13-22(21)30-2)12-18(14-25)23(27)26-15-20-4-3-11-31-20/h5-10,12-13,20H,3-4,11,15H2,1-2H3,(H,26,27). The lowest BCUT2D eigenvalue weighted by Gasteiger charge is -2.11. The molecule has 8 heteroatoms. The largest absolute Gasteiger partial charge is 0.497 e. The lowest BCUT2D eigenvalue weighted by molar-refractivity contribution is -0.117. The van der Waals surface area contributed by atoms with Crippen LogP contribution < -0.4 is 19.5 Å². The van der Waals surface area contributed by atoms with Crippen LogP contribution in [0.2, 0.25) is 0 Å². The summed E-state index contributed by atoms with van der Waals surface area (Å²) < 4.78 is 21.3. The number of rotatable bonds is 8. The summed E-state index contributed by atoms with van der Waals surface area (Å²) in [6.45, 7) is 1.05. The van der Waals surface area contributed by atoms with Crippen LogP contribution in [-0.4, -0.2) is 45.4 Å². The van der Waals surface area contributed by atoms with E-state index in [1.165, 1.54) is 13.2 Å². The van der Waals surface area contributed by atoms with Crippen LogP contribution in [0.3, 0.4) is 0 Å². The first-order chi connectivity index (χ1) is 15.5. The summed E-state index contributed by atoms with van der Waals surface area (Å²) in [5.41, 5.74) is 0.856. The number of nitrogens with one attached hydrogen (secondary N) is 1. The lowest BCUT2D eigenvalue weighted by atomic mass is 10.1. The number of nitriles is 1. The minimum absolute atomic E-state index is 0.0151. The fourth-order valence-electron chi connectivity index (χ4n) is 3.17. The first-order valence-corrected chi connectivity index (χ1v) is 10.1. The Morgan fingerprint density at radius 1 is 1.16 bits per heavy atom. The van der Waals surface area contributed by atoms with Gasteiger partial charge in [0.25, 0.3) is 5.91 Å². The van der Waals surface area contributed by atoms with E-state index in [-0.39, 0.29) is 23.2 Å². The number of hydrogen-bond acceptors (Lipinski definition) is 7. The van der Waals surface area contributed by atoms with Gasteiger partial charge in [0.2, 0.25) is 0 Å². The fraction of sp³-hybridized carbons (Fsp3) is 0.292. The van der Waals surface area contributed by atoms with Gasteiger partial charge in [0.15, 0.2) is 11.5 Å². The van der Waals surface area contributed by atoms with E-state index in [4.69, 9.17) is 18.9 Å². The molecule has 1 atom stereocenters. The van der Waals surface area contributed by atoms with Crippen LogP contribution in [0.5, 0.6) is 17.2 Å². The zero-order valence-electron chi connectivity index (χ0n) is 17.9. The van der Waals surface area contributed by atoms with Crippen molar-refractivity contribution in [3.05, 3.63) is 59.2 Å². The summed E-state index contributed by atoms with van der Waals surface area (Å²) in [5.74, 6) is 0.102. The summed E-state index contributed by atoms with van der Waals surface area (Å²) in [6, 6.07) is 13.2. The molecule has 3 rings (SSSR count). The van der Waals surface area contributed by atoms with E-state index >= 15 is 0 Å². The normalized spacial score (nSPS) is 15.5. The lowest BCUT2D eigenvalue weighted by Crippen LogP contribution is -2.32. The van der Waals surface area contributed by atoms with E-state index in [9.17, 15) is 14.9 Å². The third kappa shape index (κ3) is 5.86. The topological polar surface area (TPSA) is 107 Å². The molecule has 0 aliphatic carbocycles. The van der Waals surface area contributed by atoms with Gasteiger partial charge in [-0.05, 0) is 60.9 Å². The highest BCUT2D eigenvalue weighted by Gasteiger charge is 2.18. The van der Waals surface area contributed by atoms with Crippen LogP contribution in [0.15, 0.2) is 48.0 Å². The van der Waals surface area contributed by atoms with E-state index < -0.39 is 11.9 Å². The number of benzene rings is 2. The molecular formula is C24H24N2O6. The second-order valence-electron chi connectivity index (χ2n) is 7.04. The van der Waals surface area contributed by atoms with Crippen LogP contribution in [-0.2, 0) is 9.53 Å². The minimum Gasteiger partial charge on any atom is -0.497 e. The van der Waals surface area contributed by atoms with Gasteiger partial charge in [-0.1, -0.05) is 6.07 Å². The predicted molar refractivity (Wildman–Crippen MR) is 117 cm³/mol. The zero-order chi connectivity index (χ0) is 22.9. The first-order valence-electron chi connectivity index (χ1n) is 10.1. The number of amides is 1. The van der Waals surface area contributed by atoms with Crippen LogP contribution in [0.4, 0.5) is 0 Å². The molecule has 0 radical (unpaired) electrons. The first kappa shape index (κ1) is 22.8. The van der Waals surface area contributed by atoms with E-state index in [2.05, 4.69) is 5.32 Å². The van der Waals surface area contributed by atoms with Crippen molar-refractivity contribution in [2.24, 2.45) is 0 Å². The molecule has 0 spiro atoms. The summed E-state index contributed by atoms with van der Waals surface area (Å²) in [4.78, 5) is 24.8. The average molecular weight is 436 g/mol. The Labute approximate surface area is 186 Å². The van der Waals surface area contributed by atoms with Crippen molar-refractivity contribution >= 4 is 18.0 Å². The van der Waals surface area contributed by atoms with Crippen LogP contribution in [0.1, 0.15) is 28.8 Å². The number of ether oxygens (including phenoxy) is 4. The predicted octanol–water partition coefficient (Wildman–Crippen LogP) is 3.13. The molecule has 0 aromatic heterocycles. The van der Waals surface area contributed by atoms with Crippen molar-refractivity contribution in [1.82, 2.24) is 5.32 Å². The average Bonchev–Trinajstić information content (AvgIpc) is 3.35. The maximum Gasteiger partial charge on any atom is 0.343 e. The molecule has 1 amide bonds. The van der Waals surface area contributed by atoms with Crippen molar-refractivity contribution in [2.75, 3.05) is 27.4 Å². The van der Waals surface area contributed by atoms with Gasteiger partial charge in [-0.3, -0.25) is 4.79 Å². The highest BCUT2D eigenvalue weighted by molar-refractivity contribution is 6.01. The van der Waals surface area contributed by atoms with Crippen molar-refractivity contribution in [1.29, 1.82) is 5.26 Å². The summed E-state index contributed by atoms with van der Waals surface area (Å²) in [6.07, 6.45) is 3.29. The van der Waals surface area contributed by atoms with E-state index in [1.54, 1.807) is 49.6 Å². The molecule has 1 N–H and O–H groups in total. The summed E-state index contributed by atoms with van der Waals surface area (Å²) in [7, 11) is 2.98. The number of carbonyl (C=O) groups is 2. The van der Waals surface area contributed by atoms with Gasteiger partial charge in [-0.15, -0.1) is 0 Å². The molecular weight excluding hydrogens is 412 g/mol. The van der Waals surface area contributed by atoms with E-state index in [1.807, 2.05) is 6.07 Å². The monoisotopic (exact) mass is 436 g/mol. The molecule has 2 aromatic carbocycles. The van der Waals surface area contributed by atoms with E-state index in [0.29, 0.717) is 30.0 Å². The molecule has 8 nitrogen and oxygen atoms in total. The van der Waals surface area contributed by atoms with E-state index in [0.717, 1.165) is 12.8 Å². The van der Waals surface area contributed by atoms with Crippen molar-refractivity contribution in [2.45, 2.75) is 18.9 Å². The number of carbonyl (C=O) groups excluding carboxylic acids is 2. The molecule has 166 valence electrons. The van der Waals surface area contributed by atoms with Gasteiger partial charge in [0.1, 0.15) is 17.4 Å². The van der Waals surface area contributed by atoms with Gasteiger partial charge in [0, 0.05) is 13.2 Å². The van der Waals surface area contributed by atoms with Crippen molar-refractivity contribution in [3.63, 3.8) is 0 Å². The third-order valence-corrected chi connectivity index (χ3v) is 4.91. The Morgan fingerprint density at radius 3 is 2.56 bits per heavy atom. The molecule has 1 unspecified atom stereocenters. The van der Waals surface area contributed by atoms with Gasteiger partial charge in [0.05, 0.1) is 25.9 Å². The molecule has 1 fully saturated rings. The number of nitrogens with zero attached hydrogens (tertiary/aromatic N) is 1. The fourth-order valence-corrected chi connectivity index (χ4v) is 3.17. The Hall–Kier alpha value is -3.83. The van der Waals surface area contributed by atoms with Gasteiger partial charge < -0.3 is 24.3 Å². The number of methoxy groups -OCH3 is 2. The third-order valence-electron chi connectivity index (χ3n) is 4.91. The quantitative estimate of drug-likeness (QED) is 0.293. The maximum atomic E-state index is 12.4. The number of hydrogen-bond donors (Lipinski definition) is 1. The van der Waals surface area contributed by atoms with Crippen molar-refractivity contribution < 1.29 is 28.5 Å². The molecule has 1 heterocycles. The molecule has 1 saturated heterocycles. The van der Waals surface area contributed by atoms with Crippen LogP contribution in [0, 0.1) is 11.3 Å². The second-order valence-corrected chi connectivity index (χ2v) is 7.04. The Morgan fingerprint density at radius 2 is 1.94 bits per heavy atom. The summed E-state index contributed by atoms with van der Waals surface area (Å²) in [5, 5.41) is 12.1. The minimum atomic E-state index is -0.555. The Bertz CT molecular complexity index is 1030. The maximum absolute atomic E-state index is 12.4. The molecule has 0 saturated carbocycles. The molecule has 1 aliphatic heterocycles. The van der Waals surface area contributed by atoms with Crippen LogP contribution >= 0.6 is 0 Å². The van der Waals surface area contributed by atoms with Gasteiger partial charge >= 0.3 is 5.97 Å². The second kappa shape index (κ2) is 11.0. The Kier molecular flexibility index (Phi) is 7.84. The highest BCUT2D eigenvalue weighted by atomic mass is 16.6. The smallest absolute Gasteiger partial charge is 0.343 e. The molecule has 0 bridgehead atoms. The summed E-state index contributed by atoms with van der Waals surface area (Å²) >= 11 is 0. The zero-order valence-corrected chi connectivity index (χ0v) is 17.9. The molecule has 2 aromatic rings. The SMILES string of the molecule is COc1ccc(C(=O)Oc2ccc(C=C(C#N)C(=O)NCC3CCCO3)cc2OC)cc1. The van der Waals surface area contributed by atoms with Crippen LogP contribution in [0.25, 0.3) is 6.08 Å². The van der Waals surface area contributed by atoms with Gasteiger partial charge in [-0.2, -0.15) is 5.26 Å². The van der Waals surface area contributed by atoms with Crippen molar-refractivity contribution in [3.8, 4) is 23.3 Å². The number of esters is 1. The molecule has 32 heavy (non-hydrogen) atoms. The van der Waals surface area contributed by atoms with Gasteiger partial charge in [-0.25, -0.2) is 4.79 Å². The highest BCUT2D eigenvalue weighted by Crippen LogP contribution is 2.30. The Balaban J connectivity index is 1.70. The molecule has 1 aliphatic rings.